The molecular weight excluding hydrogens is 390 g/mol. The molecule has 0 radical (unpaired) electrons. The van der Waals surface area contributed by atoms with Gasteiger partial charge in [-0.25, -0.2) is 17.2 Å². The summed E-state index contributed by atoms with van der Waals surface area (Å²) in [5.74, 6) is -1.51. The Labute approximate surface area is 160 Å². The van der Waals surface area contributed by atoms with Gasteiger partial charge in [-0.3, -0.25) is 0 Å². The quantitative estimate of drug-likeness (QED) is 0.663. The van der Waals surface area contributed by atoms with Crippen LogP contribution in [0.3, 0.4) is 0 Å². The third-order valence-electron chi connectivity index (χ3n) is 4.47. The number of anilines is 1. The lowest BCUT2D eigenvalue weighted by molar-refractivity contribution is 0.372. The molecule has 0 aliphatic carbocycles. The molecule has 0 unspecified atom stereocenters. The topological polar surface area (TPSA) is 79.5 Å². The van der Waals surface area contributed by atoms with Gasteiger partial charge in [-0.2, -0.15) is 9.29 Å². The van der Waals surface area contributed by atoms with Crippen molar-refractivity contribution in [1.82, 2.24) is 14.4 Å². The first-order chi connectivity index (χ1) is 13.5. The first kappa shape index (κ1) is 18.5. The van der Waals surface area contributed by atoms with E-state index in [1.165, 1.54) is 0 Å². The highest BCUT2D eigenvalue weighted by atomic mass is 32.2. The second-order valence-electron chi connectivity index (χ2n) is 6.21. The van der Waals surface area contributed by atoms with Crippen molar-refractivity contribution in [3.05, 3.63) is 60.2 Å². The van der Waals surface area contributed by atoms with E-state index in [9.17, 15) is 17.2 Å². The van der Waals surface area contributed by atoms with Crippen molar-refractivity contribution in [2.24, 2.45) is 0 Å². The number of sulfonamides is 1. The summed E-state index contributed by atoms with van der Waals surface area (Å²) in [7, 11) is -4.27. The summed E-state index contributed by atoms with van der Waals surface area (Å²) >= 11 is 0. The second-order valence-corrected chi connectivity index (χ2v) is 8.08. The van der Waals surface area contributed by atoms with Gasteiger partial charge >= 0.3 is 0 Å². The molecule has 146 valence electrons. The minimum Gasteiger partial charge on any atom is -0.336 e. The molecule has 0 N–H and O–H groups in total. The lowest BCUT2D eigenvalue weighted by atomic mass is 10.2. The third kappa shape index (κ3) is 3.36. The monoisotopic (exact) mass is 406 g/mol. The Morgan fingerprint density at radius 2 is 1.54 bits per heavy atom. The van der Waals surface area contributed by atoms with Crippen LogP contribution in [0.25, 0.3) is 11.5 Å². The average Bonchev–Trinajstić information content (AvgIpc) is 3.19. The first-order valence-electron chi connectivity index (χ1n) is 8.55. The molecule has 0 atom stereocenters. The molecule has 0 spiro atoms. The number of rotatable bonds is 4. The van der Waals surface area contributed by atoms with Gasteiger partial charge < -0.3 is 9.42 Å². The zero-order chi connectivity index (χ0) is 19.7. The van der Waals surface area contributed by atoms with Crippen molar-refractivity contribution >= 4 is 16.0 Å². The first-order valence-corrected chi connectivity index (χ1v) is 9.99. The summed E-state index contributed by atoms with van der Waals surface area (Å²) in [5.41, 5.74) is 0.775. The van der Waals surface area contributed by atoms with Gasteiger partial charge in [-0.1, -0.05) is 24.3 Å². The molecular formula is C18H16F2N4O3S. The summed E-state index contributed by atoms with van der Waals surface area (Å²) in [6, 6.07) is 12.2. The van der Waals surface area contributed by atoms with Crippen LogP contribution in [-0.2, 0) is 10.0 Å². The van der Waals surface area contributed by atoms with Gasteiger partial charge in [0.25, 0.3) is 11.8 Å². The number of hydrogen-bond donors (Lipinski definition) is 0. The number of benzene rings is 2. The van der Waals surface area contributed by atoms with Gasteiger partial charge in [-0.05, 0) is 29.4 Å². The maximum atomic E-state index is 13.9. The van der Waals surface area contributed by atoms with E-state index >= 15 is 0 Å². The second kappa shape index (κ2) is 7.28. The van der Waals surface area contributed by atoms with Gasteiger partial charge in [0, 0.05) is 31.7 Å². The summed E-state index contributed by atoms with van der Waals surface area (Å²) in [6.45, 7) is 0.628. The van der Waals surface area contributed by atoms with E-state index in [0.717, 1.165) is 28.1 Å². The molecule has 10 heteroatoms. The molecule has 1 aromatic heterocycles. The van der Waals surface area contributed by atoms with Crippen LogP contribution in [0.5, 0.6) is 0 Å². The molecule has 7 nitrogen and oxygen atoms in total. The zero-order valence-corrected chi connectivity index (χ0v) is 15.4. The standard InChI is InChI=1S/C18H16F2N4O3S/c19-14-7-4-8-15(20)16(14)28(25,26)24-11-9-23(10-12-24)18-21-17(27-22-18)13-5-2-1-3-6-13/h1-8H,9-12H2. The Hall–Kier alpha value is -2.85. The van der Waals surface area contributed by atoms with E-state index in [2.05, 4.69) is 10.1 Å². The molecule has 0 bridgehead atoms. The molecule has 0 saturated carbocycles. The molecule has 1 aliphatic heterocycles. The molecule has 2 aromatic carbocycles. The van der Waals surface area contributed by atoms with Gasteiger partial charge in [0.1, 0.15) is 11.6 Å². The van der Waals surface area contributed by atoms with Gasteiger partial charge in [0.05, 0.1) is 0 Å². The summed E-state index contributed by atoms with van der Waals surface area (Å²) < 4.78 is 59.4. The van der Waals surface area contributed by atoms with Crippen LogP contribution in [0, 0.1) is 11.6 Å². The summed E-state index contributed by atoms with van der Waals surface area (Å²) in [5, 5.41) is 3.94. The normalized spacial score (nSPS) is 15.7. The average molecular weight is 406 g/mol. The molecule has 28 heavy (non-hydrogen) atoms. The molecule has 4 rings (SSSR count). The van der Waals surface area contributed by atoms with Crippen LogP contribution in [0.2, 0.25) is 0 Å². The fraction of sp³-hybridized carbons (Fsp3) is 0.222. The van der Waals surface area contributed by atoms with Crippen molar-refractivity contribution in [3.8, 4) is 11.5 Å². The molecule has 1 fully saturated rings. The lowest BCUT2D eigenvalue weighted by Gasteiger charge is -2.33. The van der Waals surface area contributed by atoms with Crippen molar-refractivity contribution < 1.29 is 21.7 Å². The minimum atomic E-state index is -4.27. The van der Waals surface area contributed by atoms with E-state index < -0.39 is 26.6 Å². The van der Waals surface area contributed by atoms with Crippen LogP contribution in [-0.4, -0.2) is 49.0 Å². The van der Waals surface area contributed by atoms with E-state index in [-0.39, 0.29) is 26.2 Å². The van der Waals surface area contributed by atoms with Crippen LogP contribution in [0.1, 0.15) is 0 Å². The van der Waals surface area contributed by atoms with E-state index in [4.69, 9.17) is 4.52 Å². The van der Waals surface area contributed by atoms with Gasteiger partial charge in [0.15, 0.2) is 4.90 Å². The maximum absolute atomic E-state index is 13.9. The summed E-state index contributed by atoms with van der Waals surface area (Å²) in [4.78, 5) is 5.18. The molecule has 1 saturated heterocycles. The van der Waals surface area contributed by atoms with E-state index in [0.29, 0.717) is 11.8 Å². The minimum absolute atomic E-state index is 0.0469. The van der Waals surface area contributed by atoms with E-state index in [1.54, 1.807) is 4.90 Å². The van der Waals surface area contributed by atoms with Crippen LogP contribution in [0.4, 0.5) is 14.7 Å². The summed E-state index contributed by atoms with van der Waals surface area (Å²) in [6.07, 6.45) is 0. The number of halogens is 2. The number of nitrogens with zero attached hydrogens (tertiary/aromatic N) is 4. The Morgan fingerprint density at radius 3 is 2.18 bits per heavy atom. The predicted molar refractivity (Wildman–Crippen MR) is 97.1 cm³/mol. The van der Waals surface area contributed by atoms with Crippen molar-refractivity contribution in [2.45, 2.75) is 4.90 Å². The van der Waals surface area contributed by atoms with Crippen LogP contribution < -0.4 is 4.90 Å². The molecule has 0 amide bonds. The highest BCUT2D eigenvalue weighted by Crippen LogP contribution is 2.25. The highest BCUT2D eigenvalue weighted by molar-refractivity contribution is 7.89. The SMILES string of the molecule is O=S(=O)(c1c(F)cccc1F)N1CCN(c2noc(-c3ccccc3)n2)CC1. The fourth-order valence-electron chi connectivity index (χ4n) is 3.03. The Balaban J connectivity index is 1.49. The Morgan fingerprint density at radius 1 is 0.893 bits per heavy atom. The smallest absolute Gasteiger partial charge is 0.266 e. The largest absolute Gasteiger partial charge is 0.336 e. The maximum Gasteiger partial charge on any atom is 0.266 e. The van der Waals surface area contributed by atoms with Crippen molar-refractivity contribution in [3.63, 3.8) is 0 Å². The fourth-order valence-corrected chi connectivity index (χ4v) is 4.56. The number of piperazine rings is 1. The third-order valence-corrected chi connectivity index (χ3v) is 6.43. The Bertz CT molecular complexity index is 1060. The molecule has 2 heterocycles. The van der Waals surface area contributed by atoms with Gasteiger partial charge in [0.2, 0.25) is 10.0 Å². The van der Waals surface area contributed by atoms with E-state index in [1.807, 2.05) is 30.3 Å². The van der Waals surface area contributed by atoms with Crippen LogP contribution in [0.15, 0.2) is 57.9 Å². The van der Waals surface area contributed by atoms with Crippen molar-refractivity contribution in [2.75, 3.05) is 31.1 Å². The van der Waals surface area contributed by atoms with Crippen LogP contribution >= 0.6 is 0 Å². The molecule has 1 aliphatic rings. The number of aromatic nitrogens is 2. The van der Waals surface area contributed by atoms with Gasteiger partial charge in [-0.15, -0.1) is 0 Å². The number of hydrogen-bond acceptors (Lipinski definition) is 6. The zero-order valence-electron chi connectivity index (χ0n) is 14.6. The highest BCUT2D eigenvalue weighted by Gasteiger charge is 2.34. The van der Waals surface area contributed by atoms with Crippen molar-refractivity contribution in [1.29, 1.82) is 0 Å². The predicted octanol–water partition coefficient (Wildman–Crippen LogP) is 2.53. The molecule has 3 aromatic rings. The lowest BCUT2D eigenvalue weighted by Crippen LogP contribution is -2.49. The Kier molecular flexibility index (Phi) is 4.82.